The Bertz CT molecular complexity index is 1250. The van der Waals surface area contributed by atoms with Gasteiger partial charge in [-0.2, -0.15) is 4.98 Å². The summed E-state index contributed by atoms with van der Waals surface area (Å²) in [6, 6.07) is 15.5. The van der Waals surface area contributed by atoms with E-state index >= 15 is 0 Å². The van der Waals surface area contributed by atoms with Crippen molar-refractivity contribution in [3.05, 3.63) is 71.7 Å². The predicted octanol–water partition coefficient (Wildman–Crippen LogP) is 3.54. The van der Waals surface area contributed by atoms with Gasteiger partial charge in [0, 0.05) is 55.7 Å². The van der Waals surface area contributed by atoms with Gasteiger partial charge in [0.25, 0.3) is 0 Å². The minimum atomic E-state index is -0.318. The van der Waals surface area contributed by atoms with E-state index in [0.717, 1.165) is 66.8 Å². The highest BCUT2D eigenvalue weighted by atomic mass is 19.1. The first kappa shape index (κ1) is 19.9. The number of fused-ring (bicyclic) bond motifs is 3. The second-order valence-electron chi connectivity index (χ2n) is 8.28. The summed E-state index contributed by atoms with van der Waals surface area (Å²) < 4.78 is 14.9. The van der Waals surface area contributed by atoms with Crippen molar-refractivity contribution in [2.45, 2.75) is 0 Å². The van der Waals surface area contributed by atoms with Crippen molar-refractivity contribution in [2.24, 2.45) is 4.99 Å². The average molecular weight is 442 g/mol. The van der Waals surface area contributed by atoms with Gasteiger partial charge in [-0.1, -0.05) is 30.3 Å². The molecule has 1 saturated heterocycles. The van der Waals surface area contributed by atoms with E-state index in [1.54, 1.807) is 18.3 Å². The van der Waals surface area contributed by atoms with Gasteiger partial charge in [-0.25, -0.2) is 9.37 Å². The molecule has 0 saturated carbocycles. The molecular weight excluding hydrogens is 417 g/mol. The molecule has 0 spiro atoms. The minimum Gasteiger partial charge on any atom is -0.369 e. The zero-order valence-electron chi connectivity index (χ0n) is 18.1. The molecule has 3 aliphatic heterocycles. The van der Waals surface area contributed by atoms with Gasteiger partial charge in [0.1, 0.15) is 17.5 Å². The number of aliphatic imine (C=N–C) groups is 1. The second-order valence-corrected chi connectivity index (χ2v) is 8.28. The van der Waals surface area contributed by atoms with E-state index < -0.39 is 0 Å². The summed E-state index contributed by atoms with van der Waals surface area (Å²) in [5.74, 6) is 1.76. The zero-order chi connectivity index (χ0) is 22.2. The Morgan fingerprint density at radius 2 is 1.85 bits per heavy atom. The summed E-state index contributed by atoms with van der Waals surface area (Å²) in [6.07, 6.45) is 3.87. The fourth-order valence-corrected chi connectivity index (χ4v) is 4.54. The van der Waals surface area contributed by atoms with E-state index in [2.05, 4.69) is 43.6 Å². The van der Waals surface area contributed by atoms with Gasteiger partial charge >= 0.3 is 0 Å². The Hall–Kier alpha value is -3.78. The van der Waals surface area contributed by atoms with E-state index in [1.165, 1.54) is 0 Å². The maximum absolute atomic E-state index is 14.9. The molecule has 2 aromatic carbocycles. The molecule has 4 heterocycles. The third-order valence-electron chi connectivity index (χ3n) is 6.20. The third kappa shape index (κ3) is 3.72. The van der Waals surface area contributed by atoms with E-state index in [1.807, 2.05) is 24.3 Å². The van der Waals surface area contributed by atoms with Crippen LogP contribution in [0.4, 0.5) is 27.5 Å². The molecule has 1 fully saturated rings. The van der Waals surface area contributed by atoms with Crippen LogP contribution in [-0.4, -0.2) is 55.1 Å². The van der Waals surface area contributed by atoms with Gasteiger partial charge in [0.05, 0.1) is 12.2 Å². The fourth-order valence-electron chi connectivity index (χ4n) is 4.54. The standard InChI is InChI=1S/C25H24FN7/c26-21-15-19(32-11-8-27-9-12-32)6-7-22(21)30-25-29-16-18-14-20(17-4-2-1-3-5-17)24-28-10-13-33(24)23(18)31-25/h1-7,14-16,27H,8-13H2,(H,29,30,31). The Balaban J connectivity index is 1.29. The van der Waals surface area contributed by atoms with Crippen molar-refractivity contribution in [3.63, 3.8) is 0 Å². The molecule has 0 bridgehead atoms. The summed E-state index contributed by atoms with van der Waals surface area (Å²) in [7, 11) is 0. The summed E-state index contributed by atoms with van der Waals surface area (Å²) in [6.45, 7) is 5.04. The fraction of sp³-hybridized carbons (Fsp3) is 0.240. The van der Waals surface area contributed by atoms with Crippen LogP contribution in [0.1, 0.15) is 11.1 Å². The summed E-state index contributed by atoms with van der Waals surface area (Å²) in [4.78, 5) is 18.2. The number of halogens is 1. The van der Waals surface area contributed by atoms with Crippen LogP contribution in [0.15, 0.2) is 59.7 Å². The highest BCUT2D eigenvalue weighted by Gasteiger charge is 2.30. The van der Waals surface area contributed by atoms with Crippen molar-refractivity contribution in [1.82, 2.24) is 15.3 Å². The molecular formula is C25H24FN7. The van der Waals surface area contributed by atoms with Gasteiger partial charge in [-0.15, -0.1) is 0 Å². The maximum atomic E-state index is 14.9. The molecule has 6 rings (SSSR count). The van der Waals surface area contributed by atoms with Crippen molar-refractivity contribution in [1.29, 1.82) is 0 Å². The van der Waals surface area contributed by atoms with Crippen LogP contribution >= 0.6 is 0 Å². The molecule has 8 heteroatoms. The lowest BCUT2D eigenvalue weighted by Gasteiger charge is -2.29. The quantitative estimate of drug-likeness (QED) is 0.646. The van der Waals surface area contributed by atoms with Gasteiger partial charge < -0.3 is 20.4 Å². The van der Waals surface area contributed by atoms with Crippen LogP contribution < -0.4 is 20.4 Å². The highest BCUT2D eigenvalue weighted by molar-refractivity contribution is 6.35. The van der Waals surface area contributed by atoms with Gasteiger partial charge in [0.2, 0.25) is 5.95 Å². The first-order valence-corrected chi connectivity index (χ1v) is 11.2. The van der Waals surface area contributed by atoms with E-state index in [-0.39, 0.29) is 5.82 Å². The van der Waals surface area contributed by atoms with Crippen molar-refractivity contribution in [2.75, 3.05) is 54.4 Å². The number of anilines is 4. The van der Waals surface area contributed by atoms with Crippen LogP contribution in [0, 0.1) is 5.82 Å². The number of aromatic nitrogens is 2. The molecule has 7 nitrogen and oxygen atoms in total. The van der Waals surface area contributed by atoms with Crippen molar-refractivity contribution < 1.29 is 4.39 Å². The Kier molecular flexibility index (Phi) is 4.99. The van der Waals surface area contributed by atoms with E-state index in [4.69, 9.17) is 9.98 Å². The molecule has 1 aromatic heterocycles. The highest BCUT2D eigenvalue weighted by Crippen LogP contribution is 2.35. The van der Waals surface area contributed by atoms with Crippen LogP contribution in [-0.2, 0) is 0 Å². The normalized spacial score (nSPS) is 17.2. The SMILES string of the molecule is Fc1cc(N2CCNCC2)ccc1Nc1ncc2c(n1)N1CCN=C1C(c1ccccc1)=C2. The number of piperazine rings is 1. The zero-order valence-corrected chi connectivity index (χ0v) is 18.1. The number of rotatable bonds is 4. The Labute approximate surface area is 191 Å². The molecule has 33 heavy (non-hydrogen) atoms. The Morgan fingerprint density at radius 1 is 1.00 bits per heavy atom. The van der Waals surface area contributed by atoms with Crippen LogP contribution in [0.2, 0.25) is 0 Å². The number of hydrogen-bond donors (Lipinski definition) is 2. The van der Waals surface area contributed by atoms with Crippen molar-refractivity contribution in [3.8, 4) is 0 Å². The third-order valence-corrected chi connectivity index (χ3v) is 6.20. The predicted molar refractivity (Wildman–Crippen MR) is 131 cm³/mol. The molecule has 166 valence electrons. The monoisotopic (exact) mass is 441 g/mol. The van der Waals surface area contributed by atoms with E-state index in [9.17, 15) is 4.39 Å². The lowest BCUT2D eigenvalue weighted by molar-refractivity contribution is 0.585. The number of hydrogen-bond acceptors (Lipinski definition) is 7. The summed E-state index contributed by atoms with van der Waals surface area (Å²) in [5, 5.41) is 6.38. The topological polar surface area (TPSA) is 68.7 Å². The van der Waals surface area contributed by atoms with Crippen LogP contribution in [0.25, 0.3) is 11.6 Å². The molecule has 0 amide bonds. The average Bonchev–Trinajstić information content (AvgIpc) is 3.36. The first-order chi connectivity index (χ1) is 16.3. The molecule has 0 aliphatic carbocycles. The van der Waals surface area contributed by atoms with Gasteiger partial charge in [-0.3, -0.25) is 4.99 Å². The molecule has 0 unspecified atom stereocenters. The molecule has 0 atom stereocenters. The molecule has 0 radical (unpaired) electrons. The lowest BCUT2D eigenvalue weighted by Crippen LogP contribution is -2.43. The Morgan fingerprint density at radius 3 is 2.67 bits per heavy atom. The van der Waals surface area contributed by atoms with Crippen molar-refractivity contribution >= 4 is 40.6 Å². The number of benzene rings is 2. The number of amidine groups is 1. The van der Waals surface area contributed by atoms with Gasteiger partial charge in [-0.05, 0) is 29.8 Å². The van der Waals surface area contributed by atoms with Gasteiger partial charge in [0.15, 0.2) is 0 Å². The minimum absolute atomic E-state index is 0.318. The van der Waals surface area contributed by atoms with E-state index in [0.29, 0.717) is 18.2 Å². The summed E-state index contributed by atoms with van der Waals surface area (Å²) >= 11 is 0. The molecule has 3 aliphatic rings. The summed E-state index contributed by atoms with van der Waals surface area (Å²) in [5.41, 5.74) is 4.36. The number of nitrogens with one attached hydrogen (secondary N) is 2. The maximum Gasteiger partial charge on any atom is 0.229 e. The molecule has 3 aromatic rings. The lowest BCUT2D eigenvalue weighted by atomic mass is 9.99. The smallest absolute Gasteiger partial charge is 0.229 e. The molecule has 2 N–H and O–H groups in total. The first-order valence-electron chi connectivity index (χ1n) is 11.2. The second kappa shape index (κ2) is 8.29. The van der Waals surface area contributed by atoms with Crippen LogP contribution in [0.3, 0.4) is 0 Å². The number of nitrogens with zero attached hydrogens (tertiary/aromatic N) is 5. The van der Waals surface area contributed by atoms with Crippen LogP contribution in [0.5, 0.6) is 0 Å². The largest absolute Gasteiger partial charge is 0.369 e.